The molecule has 2 nitrogen and oxygen atoms in total. The quantitative estimate of drug-likeness (QED) is 0.664. The molecule has 2 heterocycles. The number of thiophene rings is 1. The predicted molar refractivity (Wildman–Crippen MR) is 48.3 cm³/mol. The van der Waals surface area contributed by atoms with Crippen LogP contribution in [0.2, 0.25) is 0 Å². The molecule has 1 aliphatic heterocycles. The second-order valence-corrected chi connectivity index (χ2v) is 3.99. The van der Waals surface area contributed by atoms with E-state index in [1.165, 1.54) is 11.8 Å². The summed E-state index contributed by atoms with van der Waals surface area (Å²) in [6, 6.07) is 3.95. The Kier molecular flexibility index (Phi) is 1.79. The Morgan fingerprint density at radius 3 is 3.00 bits per heavy atom. The van der Waals surface area contributed by atoms with Crippen molar-refractivity contribution in [1.82, 2.24) is 0 Å². The van der Waals surface area contributed by atoms with Gasteiger partial charge in [-0.05, 0) is 11.4 Å². The molecule has 0 saturated carbocycles. The van der Waals surface area contributed by atoms with E-state index < -0.39 is 0 Å². The molecule has 0 aromatic carbocycles. The molecule has 1 aromatic rings. The van der Waals surface area contributed by atoms with Crippen LogP contribution in [0, 0.1) is 0 Å². The summed E-state index contributed by atoms with van der Waals surface area (Å²) in [5, 5.41) is 2.87. The van der Waals surface area contributed by atoms with Crippen LogP contribution in [0.25, 0.3) is 0 Å². The fourth-order valence-electron chi connectivity index (χ4n) is 0.834. The Morgan fingerprint density at radius 2 is 2.45 bits per heavy atom. The fraction of sp³-hybridized carbons (Fsp3) is 0.143. The number of amides is 1. The maximum absolute atomic E-state index is 10.7. The lowest BCUT2D eigenvalue weighted by molar-refractivity contribution is -0.115. The first-order valence-corrected chi connectivity index (χ1v) is 5.01. The van der Waals surface area contributed by atoms with E-state index in [4.69, 9.17) is 0 Å². The Hall–Kier alpha value is -0.610. The average Bonchev–Trinajstić information content (AvgIpc) is 2.55. The molecule has 0 aliphatic carbocycles. The summed E-state index contributed by atoms with van der Waals surface area (Å²) in [7, 11) is 0. The van der Waals surface area contributed by atoms with Crippen LogP contribution in [0.3, 0.4) is 0 Å². The van der Waals surface area contributed by atoms with Gasteiger partial charge in [-0.2, -0.15) is 0 Å². The molecule has 4 heteroatoms. The maximum Gasteiger partial charge on any atom is 0.257 e. The van der Waals surface area contributed by atoms with Crippen LogP contribution in [-0.2, 0) is 4.79 Å². The molecule has 1 aromatic heterocycles. The van der Waals surface area contributed by atoms with Crippen molar-refractivity contribution in [3.05, 3.63) is 22.4 Å². The number of hydrogen-bond acceptors (Lipinski definition) is 3. The van der Waals surface area contributed by atoms with Gasteiger partial charge in [0.1, 0.15) is 5.04 Å². The van der Waals surface area contributed by atoms with Gasteiger partial charge in [-0.25, -0.2) is 4.99 Å². The third kappa shape index (κ3) is 1.36. The average molecular weight is 183 g/mol. The van der Waals surface area contributed by atoms with Gasteiger partial charge in [0.05, 0.1) is 10.6 Å². The molecule has 0 atom stereocenters. The molecule has 0 spiro atoms. The zero-order chi connectivity index (χ0) is 7.68. The van der Waals surface area contributed by atoms with Crippen molar-refractivity contribution >= 4 is 34.0 Å². The second kappa shape index (κ2) is 2.79. The van der Waals surface area contributed by atoms with Gasteiger partial charge in [-0.3, -0.25) is 4.79 Å². The fourth-order valence-corrected chi connectivity index (χ4v) is 2.46. The largest absolute Gasteiger partial charge is 0.272 e. The smallest absolute Gasteiger partial charge is 0.257 e. The highest BCUT2D eigenvalue weighted by Gasteiger charge is 2.16. The highest BCUT2D eigenvalue weighted by molar-refractivity contribution is 8.15. The van der Waals surface area contributed by atoms with Crippen LogP contribution >= 0.6 is 23.1 Å². The van der Waals surface area contributed by atoms with E-state index in [1.54, 1.807) is 11.3 Å². The topological polar surface area (TPSA) is 29.4 Å². The van der Waals surface area contributed by atoms with Crippen molar-refractivity contribution in [2.24, 2.45) is 4.99 Å². The van der Waals surface area contributed by atoms with Crippen LogP contribution < -0.4 is 0 Å². The van der Waals surface area contributed by atoms with Gasteiger partial charge in [0.25, 0.3) is 5.91 Å². The predicted octanol–water partition coefficient (Wildman–Crippen LogP) is 1.77. The zero-order valence-corrected chi connectivity index (χ0v) is 7.24. The molecule has 2 rings (SSSR count). The molecule has 0 N–H and O–H groups in total. The minimum Gasteiger partial charge on any atom is -0.272 e. The molecule has 1 aliphatic rings. The van der Waals surface area contributed by atoms with Gasteiger partial charge in [0.2, 0.25) is 0 Å². The van der Waals surface area contributed by atoms with E-state index in [9.17, 15) is 4.79 Å². The number of thioether (sulfide) groups is 1. The minimum atomic E-state index is -0.0154. The minimum absolute atomic E-state index is 0.0154. The highest BCUT2D eigenvalue weighted by atomic mass is 32.2. The third-order valence-corrected chi connectivity index (χ3v) is 3.27. The Morgan fingerprint density at radius 1 is 1.55 bits per heavy atom. The molecular formula is C7H5NOS2. The summed E-state index contributed by atoms with van der Waals surface area (Å²) in [5.74, 6) is 0.492. The molecule has 0 saturated heterocycles. The first-order chi connectivity index (χ1) is 5.36. The van der Waals surface area contributed by atoms with Crippen LogP contribution in [-0.4, -0.2) is 16.7 Å². The summed E-state index contributed by atoms with van der Waals surface area (Å²) >= 11 is 3.14. The molecule has 11 heavy (non-hydrogen) atoms. The van der Waals surface area contributed by atoms with Gasteiger partial charge in [0, 0.05) is 0 Å². The van der Waals surface area contributed by atoms with Gasteiger partial charge < -0.3 is 0 Å². The van der Waals surface area contributed by atoms with Crippen LogP contribution in [0.1, 0.15) is 4.88 Å². The van der Waals surface area contributed by atoms with Gasteiger partial charge in [0.15, 0.2) is 0 Å². The number of nitrogens with zero attached hydrogens (tertiary/aromatic N) is 1. The van der Waals surface area contributed by atoms with Crippen molar-refractivity contribution < 1.29 is 4.79 Å². The first kappa shape index (κ1) is 7.06. The lowest BCUT2D eigenvalue weighted by atomic mass is 10.5. The van der Waals surface area contributed by atoms with Crippen molar-refractivity contribution in [3.63, 3.8) is 0 Å². The van der Waals surface area contributed by atoms with Crippen molar-refractivity contribution in [3.8, 4) is 0 Å². The van der Waals surface area contributed by atoms with Crippen molar-refractivity contribution in [1.29, 1.82) is 0 Å². The number of rotatable bonds is 1. The molecule has 56 valence electrons. The Labute approximate surface area is 72.3 Å². The number of hydrogen-bond donors (Lipinski definition) is 0. The normalized spacial score (nSPS) is 17.1. The molecule has 0 unspecified atom stereocenters. The lowest BCUT2D eigenvalue weighted by Gasteiger charge is -1.88. The maximum atomic E-state index is 10.7. The Balaban J connectivity index is 2.31. The number of carbonyl (C=O) groups excluding carboxylic acids is 1. The summed E-state index contributed by atoms with van der Waals surface area (Å²) in [5.41, 5.74) is 0. The van der Waals surface area contributed by atoms with Crippen molar-refractivity contribution in [2.45, 2.75) is 0 Å². The van der Waals surface area contributed by atoms with Gasteiger partial charge in [-0.1, -0.05) is 17.8 Å². The Bertz CT molecular complexity index is 302. The molecule has 0 bridgehead atoms. The summed E-state index contributed by atoms with van der Waals surface area (Å²) in [6.45, 7) is 0. The van der Waals surface area contributed by atoms with Gasteiger partial charge in [-0.15, -0.1) is 11.3 Å². The van der Waals surface area contributed by atoms with Crippen LogP contribution in [0.15, 0.2) is 22.5 Å². The SMILES string of the molecule is O=C1CSC(c2cccs2)=N1. The zero-order valence-electron chi connectivity index (χ0n) is 5.61. The first-order valence-electron chi connectivity index (χ1n) is 3.14. The lowest BCUT2D eigenvalue weighted by Crippen LogP contribution is -1.86. The standard InChI is InChI=1S/C7H5NOS2/c9-6-4-11-7(8-6)5-2-1-3-10-5/h1-3H,4H2. The molecular weight excluding hydrogens is 178 g/mol. The number of aliphatic imine (C=N–C) groups is 1. The third-order valence-electron chi connectivity index (χ3n) is 1.29. The van der Waals surface area contributed by atoms with Crippen molar-refractivity contribution in [2.75, 3.05) is 5.75 Å². The van der Waals surface area contributed by atoms with Gasteiger partial charge >= 0.3 is 0 Å². The molecule has 1 amide bonds. The number of carbonyl (C=O) groups is 1. The van der Waals surface area contributed by atoms with E-state index in [0.29, 0.717) is 5.75 Å². The van der Waals surface area contributed by atoms with E-state index in [2.05, 4.69) is 4.99 Å². The van der Waals surface area contributed by atoms with E-state index in [-0.39, 0.29) is 5.91 Å². The van der Waals surface area contributed by atoms with Crippen LogP contribution in [0.4, 0.5) is 0 Å². The summed E-state index contributed by atoms with van der Waals surface area (Å²) in [6.07, 6.45) is 0. The second-order valence-electron chi connectivity index (χ2n) is 2.08. The van der Waals surface area contributed by atoms with E-state index >= 15 is 0 Å². The summed E-state index contributed by atoms with van der Waals surface area (Å²) in [4.78, 5) is 15.7. The highest BCUT2D eigenvalue weighted by Crippen LogP contribution is 2.22. The monoisotopic (exact) mass is 183 g/mol. The van der Waals surface area contributed by atoms with E-state index in [1.807, 2.05) is 17.5 Å². The molecule has 0 fully saturated rings. The summed E-state index contributed by atoms with van der Waals surface area (Å²) < 4.78 is 0. The molecule has 0 radical (unpaired) electrons. The van der Waals surface area contributed by atoms with Crippen LogP contribution in [0.5, 0.6) is 0 Å². The van der Waals surface area contributed by atoms with E-state index in [0.717, 1.165) is 9.92 Å².